The highest BCUT2D eigenvalue weighted by Crippen LogP contribution is 2.21. The number of carbonyl (C=O) groups excluding carboxylic acids is 2. The lowest BCUT2D eigenvalue weighted by molar-refractivity contribution is -0.385. The van der Waals surface area contributed by atoms with E-state index in [4.69, 9.17) is 0 Å². The van der Waals surface area contributed by atoms with Gasteiger partial charge in [0.2, 0.25) is 5.91 Å². The second-order valence-electron chi connectivity index (χ2n) is 5.35. The number of hydrogen-bond donors (Lipinski definition) is 1. The quantitative estimate of drug-likeness (QED) is 0.659. The van der Waals surface area contributed by atoms with Crippen LogP contribution in [0.3, 0.4) is 0 Å². The molecular formula is C16H15FN4O4. The predicted octanol–water partition coefficient (Wildman–Crippen LogP) is 2.15. The minimum Gasteiger partial charge on any atom is -0.332 e. The Labute approximate surface area is 142 Å². The van der Waals surface area contributed by atoms with Crippen LogP contribution < -0.4 is 5.32 Å². The Hall–Kier alpha value is -3.36. The molecule has 0 aliphatic rings. The molecule has 8 nitrogen and oxygen atoms in total. The molecule has 9 heteroatoms. The normalized spacial score (nSPS) is 10.2. The average Bonchev–Trinajstić information content (AvgIpc) is 2.53. The van der Waals surface area contributed by atoms with E-state index in [0.29, 0.717) is 5.82 Å². The minimum atomic E-state index is -0.835. The van der Waals surface area contributed by atoms with Crippen LogP contribution in [-0.4, -0.2) is 40.2 Å². The summed E-state index contributed by atoms with van der Waals surface area (Å²) >= 11 is 0. The number of likely N-dealkylation sites (N-methyl/N-ethyl adjacent to an activating group) is 1. The maximum absolute atomic E-state index is 13.3. The van der Waals surface area contributed by atoms with Crippen LogP contribution in [0.2, 0.25) is 0 Å². The van der Waals surface area contributed by atoms with E-state index in [0.717, 1.165) is 28.7 Å². The van der Waals surface area contributed by atoms with Crippen LogP contribution in [0.25, 0.3) is 0 Å². The summed E-state index contributed by atoms with van der Waals surface area (Å²) in [6.07, 6.45) is 1.52. The first kappa shape index (κ1) is 18.0. The van der Waals surface area contributed by atoms with Gasteiger partial charge in [-0.3, -0.25) is 19.7 Å². The number of benzene rings is 1. The van der Waals surface area contributed by atoms with E-state index >= 15 is 0 Å². The fraction of sp³-hybridized carbons (Fsp3) is 0.188. The first-order valence-corrected chi connectivity index (χ1v) is 7.20. The molecule has 0 fully saturated rings. The van der Waals surface area contributed by atoms with Gasteiger partial charge in [0.1, 0.15) is 17.2 Å². The Morgan fingerprint density at radius 1 is 1.32 bits per heavy atom. The maximum atomic E-state index is 13.3. The number of anilines is 1. The molecule has 1 N–H and O–H groups in total. The van der Waals surface area contributed by atoms with Gasteiger partial charge in [-0.15, -0.1) is 0 Å². The standard InChI is InChI=1S/C16H15FN4O4/c1-10-5-6-18-14(7-10)19-15(22)9-20(2)16(23)12-8-11(17)3-4-13(12)21(24)25/h3-8H,9H2,1-2H3,(H,18,19,22). The number of aromatic nitrogens is 1. The number of rotatable bonds is 5. The van der Waals surface area contributed by atoms with Gasteiger partial charge in [-0.2, -0.15) is 0 Å². The molecule has 2 aromatic rings. The van der Waals surface area contributed by atoms with Gasteiger partial charge in [0, 0.05) is 19.3 Å². The van der Waals surface area contributed by atoms with Gasteiger partial charge in [0.05, 0.1) is 11.5 Å². The van der Waals surface area contributed by atoms with Crippen molar-refractivity contribution < 1.29 is 18.9 Å². The van der Waals surface area contributed by atoms with E-state index in [1.54, 1.807) is 12.1 Å². The number of hydrogen-bond acceptors (Lipinski definition) is 5. The zero-order valence-electron chi connectivity index (χ0n) is 13.5. The third-order valence-electron chi connectivity index (χ3n) is 3.30. The van der Waals surface area contributed by atoms with Crippen molar-refractivity contribution >= 4 is 23.3 Å². The molecule has 1 heterocycles. The Bertz CT molecular complexity index is 841. The Morgan fingerprint density at radius 3 is 2.68 bits per heavy atom. The lowest BCUT2D eigenvalue weighted by atomic mass is 10.1. The Kier molecular flexibility index (Phi) is 5.38. The topological polar surface area (TPSA) is 105 Å². The first-order valence-electron chi connectivity index (χ1n) is 7.20. The monoisotopic (exact) mass is 346 g/mol. The summed E-state index contributed by atoms with van der Waals surface area (Å²) < 4.78 is 13.3. The molecule has 130 valence electrons. The molecule has 0 unspecified atom stereocenters. The van der Waals surface area contributed by atoms with Gasteiger partial charge in [-0.1, -0.05) is 0 Å². The number of nitrogens with zero attached hydrogens (tertiary/aromatic N) is 3. The van der Waals surface area contributed by atoms with Crippen LogP contribution in [0.1, 0.15) is 15.9 Å². The van der Waals surface area contributed by atoms with Crippen molar-refractivity contribution in [1.29, 1.82) is 0 Å². The summed E-state index contributed by atoms with van der Waals surface area (Å²) in [4.78, 5) is 39.5. The molecule has 0 atom stereocenters. The highest BCUT2D eigenvalue weighted by atomic mass is 19.1. The van der Waals surface area contributed by atoms with Crippen LogP contribution in [0, 0.1) is 22.9 Å². The molecule has 1 aromatic carbocycles. The summed E-state index contributed by atoms with van der Waals surface area (Å²) in [6, 6.07) is 5.99. The Balaban J connectivity index is 2.11. The van der Waals surface area contributed by atoms with Crippen LogP contribution in [-0.2, 0) is 4.79 Å². The van der Waals surface area contributed by atoms with E-state index < -0.39 is 33.8 Å². The van der Waals surface area contributed by atoms with Gasteiger partial charge in [0.15, 0.2) is 0 Å². The van der Waals surface area contributed by atoms with Crippen molar-refractivity contribution in [3.05, 3.63) is 63.6 Å². The molecule has 0 radical (unpaired) electrons. The molecule has 0 saturated heterocycles. The van der Waals surface area contributed by atoms with E-state index in [9.17, 15) is 24.1 Å². The van der Waals surface area contributed by atoms with Crippen LogP contribution in [0.15, 0.2) is 36.5 Å². The lowest BCUT2D eigenvalue weighted by Gasteiger charge is -2.16. The number of carbonyl (C=O) groups is 2. The van der Waals surface area contributed by atoms with Gasteiger partial charge in [-0.25, -0.2) is 9.37 Å². The fourth-order valence-electron chi connectivity index (χ4n) is 2.12. The summed E-state index contributed by atoms with van der Waals surface area (Å²) in [5.41, 5.74) is -0.0573. The van der Waals surface area contributed by atoms with E-state index in [1.807, 2.05) is 6.92 Å². The summed E-state index contributed by atoms with van der Waals surface area (Å²) in [5.74, 6) is -1.83. The molecular weight excluding hydrogens is 331 g/mol. The van der Waals surface area contributed by atoms with E-state index in [2.05, 4.69) is 10.3 Å². The molecule has 25 heavy (non-hydrogen) atoms. The third kappa shape index (κ3) is 4.56. The van der Waals surface area contributed by atoms with Gasteiger partial charge >= 0.3 is 0 Å². The number of pyridine rings is 1. The maximum Gasteiger partial charge on any atom is 0.282 e. The number of nitro groups is 1. The molecule has 0 aliphatic heterocycles. The highest BCUT2D eigenvalue weighted by Gasteiger charge is 2.24. The SMILES string of the molecule is Cc1ccnc(NC(=O)CN(C)C(=O)c2cc(F)ccc2[N+](=O)[O-])c1. The second-order valence-corrected chi connectivity index (χ2v) is 5.35. The summed E-state index contributed by atoms with van der Waals surface area (Å²) in [7, 11) is 1.29. The van der Waals surface area contributed by atoms with Crippen LogP contribution >= 0.6 is 0 Å². The minimum absolute atomic E-state index is 0.322. The number of nitrogens with one attached hydrogen (secondary N) is 1. The highest BCUT2D eigenvalue weighted by molar-refractivity contribution is 6.01. The smallest absolute Gasteiger partial charge is 0.282 e. The molecule has 0 bridgehead atoms. The molecule has 0 aliphatic carbocycles. The molecule has 0 saturated carbocycles. The van der Waals surface area contributed by atoms with Crippen LogP contribution in [0.5, 0.6) is 0 Å². The number of aryl methyl sites for hydroxylation is 1. The van der Waals surface area contributed by atoms with Crippen molar-refractivity contribution in [3.63, 3.8) is 0 Å². The largest absolute Gasteiger partial charge is 0.332 e. The van der Waals surface area contributed by atoms with Crippen molar-refractivity contribution in [3.8, 4) is 0 Å². The van der Waals surface area contributed by atoms with E-state index in [1.165, 1.54) is 13.2 Å². The second kappa shape index (κ2) is 7.47. The average molecular weight is 346 g/mol. The first-order chi connectivity index (χ1) is 11.8. The molecule has 2 amide bonds. The summed E-state index contributed by atoms with van der Waals surface area (Å²) in [6.45, 7) is 1.46. The number of nitro benzene ring substituents is 1. The zero-order valence-corrected chi connectivity index (χ0v) is 13.5. The van der Waals surface area contributed by atoms with Crippen molar-refractivity contribution in [2.24, 2.45) is 0 Å². The molecule has 2 rings (SSSR count). The lowest BCUT2D eigenvalue weighted by Crippen LogP contribution is -2.35. The van der Waals surface area contributed by atoms with Crippen molar-refractivity contribution in [2.75, 3.05) is 18.9 Å². The van der Waals surface area contributed by atoms with Gasteiger partial charge in [0.25, 0.3) is 11.6 Å². The van der Waals surface area contributed by atoms with Crippen molar-refractivity contribution in [2.45, 2.75) is 6.92 Å². The Morgan fingerprint density at radius 2 is 2.04 bits per heavy atom. The van der Waals surface area contributed by atoms with Gasteiger partial charge < -0.3 is 10.2 Å². The number of halogens is 1. The van der Waals surface area contributed by atoms with Crippen molar-refractivity contribution in [1.82, 2.24) is 9.88 Å². The fourth-order valence-corrected chi connectivity index (χ4v) is 2.12. The van der Waals surface area contributed by atoms with Crippen LogP contribution in [0.4, 0.5) is 15.9 Å². The predicted molar refractivity (Wildman–Crippen MR) is 87.6 cm³/mol. The molecule has 1 aromatic heterocycles. The third-order valence-corrected chi connectivity index (χ3v) is 3.30. The molecule has 0 spiro atoms. The van der Waals surface area contributed by atoms with Gasteiger partial charge in [-0.05, 0) is 36.8 Å². The van der Waals surface area contributed by atoms with E-state index in [-0.39, 0.29) is 6.54 Å². The number of amides is 2. The summed E-state index contributed by atoms with van der Waals surface area (Å²) in [5, 5.41) is 13.5. The zero-order chi connectivity index (χ0) is 18.6.